The van der Waals surface area contributed by atoms with Crippen LogP contribution in [0.25, 0.3) is 0 Å². The van der Waals surface area contributed by atoms with Crippen molar-refractivity contribution in [2.24, 2.45) is 0 Å². The topological polar surface area (TPSA) is 94.9 Å². The Kier molecular flexibility index (Phi) is 6.80. The Morgan fingerprint density at radius 1 is 1.23 bits per heavy atom. The van der Waals surface area contributed by atoms with Crippen LogP contribution in [0.15, 0.2) is 36.5 Å². The van der Waals surface area contributed by atoms with Crippen LogP contribution in [-0.2, 0) is 16.0 Å². The molecule has 1 aromatic heterocycles. The predicted octanol–water partition coefficient (Wildman–Crippen LogP) is 2.95. The first-order valence-corrected chi connectivity index (χ1v) is 8.25. The highest BCUT2D eigenvalue weighted by Gasteiger charge is 2.15. The number of rotatable bonds is 7. The summed E-state index contributed by atoms with van der Waals surface area (Å²) in [5.74, 6) is -2.02. The predicted molar refractivity (Wildman–Crippen MR) is 98.1 cm³/mol. The molecule has 1 heterocycles. The lowest BCUT2D eigenvalue weighted by molar-refractivity contribution is -0.120. The van der Waals surface area contributed by atoms with Gasteiger partial charge in [-0.15, -0.1) is 0 Å². The lowest BCUT2D eigenvalue weighted by Gasteiger charge is -2.08. The van der Waals surface area contributed by atoms with E-state index >= 15 is 0 Å². The molecule has 3 N–H and O–H groups in total. The summed E-state index contributed by atoms with van der Waals surface area (Å²) >= 11 is 5.93. The SMILES string of the molecule is CNC(=O)CCC(=N)C(=O)Nc1ncc(Cc2cccc(Cl)c2)cc1F. The molecule has 0 atom stereocenters. The van der Waals surface area contributed by atoms with E-state index in [9.17, 15) is 14.0 Å². The van der Waals surface area contributed by atoms with Crippen LogP contribution in [0.5, 0.6) is 0 Å². The van der Waals surface area contributed by atoms with Crippen LogP contribution in [0.4, 0.5) is 10.2 Å². The number of carbonyl (C=O) groups is 2. The molecule has 2 rings (SSSR count). The molecule has 8 heteroatoms. The van der Waals surface area contributed by atoms with Crippen molar-refractivity contribution in [1.82, 2.24) is 10.3 Å². The van der Waals surface area contributed by atoms with E-state index in [2.05, 4.69) is 15.6 Å². The maximum Gasteiger partial charge on any atom is 0.270 e. The number of hydrogen-bond donors (Lipinski definition) is 3. The number of carbonyl (C=O) groups excluding carboxylic acids is 2. The monoisotopic (exact) mass is 376 g/mol. The van der Waals surface area contributed by atoms with E-state index in [1.165, 1.54) is 19.3 Å². The molecule has 0 fully saturated rings. The Morgan fingerprint density at radius 3 is 2.65 bits per heavy atom. The molecule has 0 aliphatic rings. The molecule has 26 heavy (non-hydrogen) atoms. The van der Waals surface area contributed by atoms with Crippen LogP contribution < -0.4 is 10.6 Å². The van der Waals surface area contributed by atoms with Gasteiger partial charge >= 0.3 is 0 Å². The quantitative estimate of drug-likeness (QED) is 0.648. The second-order valence-electron chi connectivity index (χ2n) is 5.59. The van der Waals surface area contributed by atoms with Crippen molar-refractivity contribution in [1.29, 1.82) is 5.41 Å². The fourth-order valence-corrected chi connectivity index (χ4v) is 2.42. The normalized spacial score (nSPS) is 10.3. The third-order valence-electron chi connectivity index (χ3n) is 3.58. The summed E-state index contributed by atoms with van der Waals surface area (Å²) in [6.45, 7) is 0. The Labute approximate surface area is 155 Å². The molecule has 1 aromatic carbocycles. The zero-order valence-electron chi connectivity index (χ0n) is 14.1. The van der Waals surface area contributed by atoms with Crippen molar-refractivity contribution in [2.45, 2.75) is 19.3 Å². The third-order valence-corrected chi connectivity index (χ3v) is 3.82. The number of halogens is 2. The number of aromatic nitrogens is 1. The molecular formula is C18H18ClFN4O2. The van der Waals surface area contributed by atoms with Gasteiger partial charge in [-0.2, -0.15) is 0 Å². The minimum atomic E-state index is -0.789. The van der Waals surface area contributed by atoms with Crippen LogP contribution in [-0.4, -0.2) is 29.6 Å². The first kappa shape index (κ1) is 19.5. The number of nitrogens with one attached hydrogen (secondary N) is 3. The van der Waals surface area contributed by atoms with Crippen LogP contribution in [0.2, 0.25) is 5.02 Å². The van der Waals surface area contributed by atoms with Gasteiger partial charge in [0.2, 0.25) is 5.91 Å². The molecule has 0 aliphatic carbocycles. The van der Waals surface area contributed by atoms with E-state index in [1.54, 1.807) is 18.2 Å². The summed E-state index contributed by atoms with van der Waals surface area (Å²) in [7, 11) is 1.47. The lowest BCUT2D eigenvalue weighted by Crippen LogP contribution is -2.26. The van der Waals surface area contributed by atoms with Crippen LogP contribution >= 0.6 is 11.6 Å². The van der Waals surface area contributed by atoms with Crippen molar-refractivity contribution in [3.63, 3.8) is 0 Å². The lowest BCUT2D eigenvalue weighted by atomic mass is 10.1. The minimum Gasteiger partial charge on any atom is -0.359 e. The van der Waals surface area contributed by atoms with Gasteiger partial charge in [0.15, 0.2) is 11.6 Å². The summed E-state index contributed by atoms with van der Waals surface area (Å²) in [6.07, 6.45) is 1.87. The Balaban J connectivity index is 1.99. The van der Waals surface area contributed by atoms with E-state index in [1.807, 2.05) is 6.07 Å². The number of nitrogens with zero attached hydrogens (tertiary/aromatic N) is 1. The fourth-order valence-electron chi connectivity index (χ4n) is 2.21. The Bertz CT molecular complexity index is 842. The van der Waals surface area contributed by atoms with Gasteiger partial charge in [0.25, 0.3) is 5.91 Å². The Hall–Kier alpha value is -2.80. The first-order chi connectivity index (χ1) is 12.4. The van der Waals surface area contributed by atoms with Crippen molar-refractivity contribution in [2.75, 3.05) is 12.4 Å². The van der Waals surface area contributed by atoms with E-state index in [0.717, 1.165) is 5.56 Å². The van der Waals surface area contributed by atoms with E-state index in [0.29, 0.717) is 17.0 Å². The van der Waals surface area contributed by atoms with Crippen molar-refractivity contribution < 1.29 is 14.0 Å². The highest BCUT2D eigenvalue weighted by molar-refractivity contribution is 6.42. The maximum atomic E-state index is 14.2. The molecule has 0 saturated carbocycles. The van der Waals surface area contributed by atoms with Gasteiger partial charge in [-0.1, -0.05) is 23.7 Å². The molecular weight excluding hydrogens is 359 g/mol. The second-order valence-corrected chi connectivity index (χ2v) is 6.02. The average Bonchev–Trinajstić information content (AvgIpc) is 2.61. The van der Waals surface area contributed by atoms with Crippen molar-refractivity contribution in [3.05, 3.63) is 58.5 Å². The number of benzene rings is 1. The second kappa shape index (κ2) is 9.05. The zero-order chi connectivity index (χ0) is 19.1. The summed E-state index contributed by atoms with van der Waals surface area (Å²) < 4.78 is 14.2. The minimum absolute atomic E-state index is 0.0111. The van der Waals surface area contributed by atoms with Crippen LogP contribution in [0.3, 0.4) is 0 Å². The zero-order valence-corrected chi connectivity index (χ0v) is 14.9. The number of pyridine rings is 1. The van der Waals surface area contributed by atoms with Gasteiger partial charge in [0.1, 0.15) is 0 Å². The maximum absolute atomic E-state index is 14.2. The van der Waals surface area contributed by atoms with Crippen molar-refractivity contribution >= 4 is 34.9 Å². The standard InChI is InChI=1S/C18H18ClFN4O2/c1-22-16(25)6-5-15(21)18(26)24-17-14(20)9-12(10-23-17)7-11-3-2-4-13(19)8-11/h2-4,8-10,21H,5-7H2,1H3,(H,22,25)(H,23,24,26). The summed E-state index contributed by atoms with van der Waals surface area (Å²) in [6, 6.07) is 8.48. The smallest absolute Gasteiger partial charge is 0.270 e. The third kappa shape index (κ3) is 5.63. The molecule has 0 unspecified atom stereocenters. The number of hydrogen-bond acceptors (Lipinski definition) is 4. The van der Waals surface area contributed by atoms with Gasteiger partial charge in [-0.3, -0.25) is 15.0 Å². The largest absolute Gasteiger partial charge is 0.359 e. The molecule has 0 bridgehead atoms. The van der Waals surface area contributed by atoms with Gasteiger partial charge in [0, 0.05) is 31.1 Å². The molecule has 6 nitrogen and oxygen atoms in total. The number of amides is 2. The highest BCUT2D eigenvalue weighted by Crippen LogP contribution is 2.17. The summed E-state index contributed by atoms with van der Waals surface area (Å²) in [5, 5.41) is 12.9. The first-order valence-electron chi connectivity index (χ1n) is 7.87. The van der Waals surface area contributed by atoms with Gasteiger partial charge in [-0.05, 0) is 35.7 Å². The van der Waals surface area contributed by atoms with E-state index in [-0.39, 0.29) is 30.3 Å². The van der Waals surface area contributed by atoms with Gasteiger partial charge in [0.05, 0.1) is 5.71 Å². The molecule has 0 aliphatic heterocycles. The number of anilines is 1. The summed E-state index contributed by atoms with van der Waals surface area (Å²) in [5.41, 5.74) is 1.21. The van der Waals surface area contributed by atoms with Gasteiger partial charge < -0.3 is 10.6 Å². The summed E-state index contributed by atoms with van der Waals surface area (Å²) in [4.78, 5) is 26.9. The van der Waals surface area contributed by atoms with Crippen LogP contribution in [0, 0.1) is 11.2 Å². The molecule has 136 valence electrons. The van der Waals surface area contributed by atoms with Gasteiger partial charge in [-0.25, -0.2) is 9.37 Å². The van der Waals surface area contributed by atoms with Crippen molar-refractivity contribution in [3.8, 4) is 0 Å². The van der Waals surface area contributed by atoms with E-state index in [4.69, 9.17) is 17.0 Å². The molecule has 0 saturated heterocycles. The Morgan fingerprint density at radius 2 is 2.00 bits per heavy atom. The molecule has 2 amide bonds. The molecule has 2 aromatic rings. The van der Waals surface area contributed by atoms with E-state index < -0.39 is 11.7 Å². The fraction of sp³-hybridized carbons (Fsp3) is 0.222. The highest BCUT2D eigenvalue weighted by atomic mass is 35.5. The van der Waals surface area contributed by atoms with Crippen LogP contribution in [0.1, 0.15) is 24.0 Å². The molecule has 0 radical (unpaired) electrons. The molecule has 0 spiro atoms. The average molecular weight is 377 g/mol.